The Morgan fingerprint density at radius 3 is 2.13 bits per heavy atom. The van der Waals surface area contributed by atoms with Crippen LogP contribution in [-0.4, -0.2) is 5.33 Å². The molecule has 0 aliphatic rings. The summed E-state index contributed by atoms with van der Waals surface area (Å²) in [4.78, 5) is 0. The van der Waals surface area contributed by atoms with Gasteiger partial charge in [0, 0.05) is 5.33 Å². The first-order valence-electron chi connectivity index (χ1n) is 4.93. The van der Waals surface area contributed by atoms with E-state index in [1.54, 1.807) is 0 Å². The average molecular weight is 267 g/mol. The Bertz CT molecular complexity index is 327. The van der Waals surface area contributed by atoms with Crippen LogP contribution in [0.25, 0.3) is 0 Å². The van der Waals surface area contributed by atoms with Crippen LogP contribution < -0.4 is 0 Å². The van der Waals surface area contributed by atoms with E-state index >= 15 is 0 Å². The van der Waals surface area contributed by atoms with Gasteiger partial charge in [0.2, 0.25) is 0 Å². The van der Waals surface area contributed by atoms with Crippen molar-refractivity contribution in [1.29, 1.82) is 0 Å². The molecule has 15 heavy (non-hydrogen) atoms. The normalized spacial score (nSPS) is 13.3. The molecule has 0 bridgehead atoms. The molecule has 0 unspecified atom stereocenters. The maximum absolute atomic E-state index is 3.96. The largest absolute Gasteiger partial charge is 0.0961 e. The number of hydrogen-bond acceptors (Lipinski definition) is 0. The van der Waals surface area contributed by atoms with Gasteiger partial charge < -0.3 is 0 Å². The maximum Gasteiger partial charge on any atom is 0.0280 e. The van der Waals surface area contributed by atoms with E-state index in [4.69, 9.17) is 0 Å². The summed E-state index contributed by atoms with van der Waals surface area (Å²) >= 11 is 3.45. The lowest BCUT2D eigenvalue weighted by Gasteiger charge is -2.02. The van der Waals surface area contributed by atoms with Crippen molar-refractivity contribution in [3.63, 3.8) is 0 Å². The number of halogens is 1. The fourth-order valence-corrected chi connectivity index (χ4v) is 1.43. The predicted octanol–water partition coefficient (Wildman–Crippen LogP) is 4.96. The molecule has 0 heterocycles. The molecule has 82 valence electrons. The van der Waals surface area contributed by atoms with Gasteiger partial charge in [-0.3, -0.25) is 0 Å². The topological polar surface area (TPSA) is 0 Å². The van der Waals surface area contributed by atoms with Gasteiger partial charge in [-0.1, -0.05) is 64.5 Å². The molecule has 0 fully saturated rings. The highest BCUT2D eigenvalue weighted by atomic mass is 79.9. The number of hydrogen-bond donors (Lipinski definition) is 0. The van der Waals surface area contributed by atoms with E-state index < -0.39 is 0 Å². The first-order chi connectivity index (χ1) is 7.01. The lowest BCUT2D eigenvalue weighted by Crippen LogP contribution is -1.85. The molecule has 0 atom stereocenters. The molecule has 0 amide bonds. The van der Waals surface area contributed by atoms with E-state index in [1.807, 2.05) is 26.8 Å². The smallest absolute Gasteiger partial charge is 0.0280 e. The molecule has 0 aromatic carbocycles. The Labute approximate surface area is 102 Å². The third-order valence-corrected chi connectivity index (χ3v) is 2.55. The van der Waals surface area contributed by atoms with Crippen molar-refractivity contribution >= 4 is 15.9 Å². The lowest BCUT2D eigenvalue weighted by atomic mass is 10.0. The van der Waals surface area contributed by atoms with Crippen molar-refractivity contribution in [2.45, 2.75) is 20.8 Å². The third-order valence-electron chi connectivity index (χ3n) is 1.91. The van der Waals surface area contributed by atoms with Crippen LogP contribution in [0, 0.1) is 0 Å². The van der Waals surface area contributed by atoms with Crippen molar-refractivity contribution in [3.05, 3.63) is 59.8 Å². The van der Waals surface area contributed by atoms with Gasteiger partial charge in [0.05, 0.1) is 0 Å². The summed E-state index contributed by atoms with van der Waals surface area (Å²) in [6.07, 6.45) is 8.28. The van der Waals surface area contributed by atoms with Gasteiger partial charge in [0.15, 0.2) is 0 Å². The van der Waals surface area contributed by atoms with Crippen LogP contribution >= 0.6 is 15.9 Å². The molecule has 0 saturated carbocycles. The monoisotopic (exact) mass is 266 g/mol. The summed E-state index contributed by atoms with van der Waals surface area (Å²) in [5.41, 5.74) is 4.50. The van der Waals surface area contributed by atoms with Gasteiger partial charge in [-0.15, -0.1) is 0 Å². The Morgan fingerprint density at radius 2 is 1.80 bits per heavy atom. The van der Waals surface area contributed by atoms with Gasteiger partial charge in [-0.25, -0.2) is 0 Å². The van der Waals surface area contributed by atoms with Gasteiger partial charge in [0.25, 0.3) is 0 Å². The minimum Gasteiger partial charge on any atom is -0.0961 e. The minimum atomic E-state index is 0.862. The van der Waals surface area contributed by atoms with E-state index in [2.05, 4.69) is 47.3 Å². The SMILES string of the molecule is C=C(C)\C=C/C(=C/C(=C\C)CBr)C(=C)C. The highest BCUT2D eigenvalue weighted by Gasteiger charge is 1.95. The number of alkyl halides is 1. The van der Waals surface area contributed by atoms with Crippen LogP contribution in [0.2, 0.25) is 0 Å². The quantitative estimate of drug-likeness (QED) is 0.487. The first-order valence-corrected chi connectivity index (χ1v) is 6.05. The zero-order valence-corrected chi connectivity index (χ0v) is 11.4. The van der Waals surface area contributed by atoms with Gasteiger partial charge in [0.1, 0.15) is 0 Å². The third kappa shape index (κ3) is 6.29. The molecular weight excluding hydrogens is 248 g/mol. The van der Waals surface area contributed by atoms with Crippen LogP contribution in [-0.2, 0) is 0 Å². The molecular formula is C14H19Br. The Morgan fingerprint density at radius 1 is 1.20 bits per heavy atom. The summed E-state index contributed by atoms with van der Waals surface area (Å²) in [5, 5.41) is 0.862. The number of rotatable bonds is 5. The molecule has 0 radical (unpaired) electrons. The number of allylic oxidation sites excluding steroid dienone is 8. The summed E-state index contributed by atoms with van der Waals surface area (Å²) in [7, 11) is 0. The van der Waals surface area contributed by atoms with Gasteiger partial charge in [-0.2, -0.15) is 0 Å². The zero-order chi connectivity index (χ0) is 11.8. The molecule has 0 nitrogen and oxygen atoms in total. The highest BCUT2D eigenvalue weighted by molar-refractivity contribution is 9.09. The molecule has 0 saturated heterocycles. The second-order valence-corrected chi connectivity index (χ2v) is 4.12. The van der Waals surface area contributed by atoms with E-state index in [9.17, 15) is 0 Å². The standard InChI is InChI=1S/C14H19Br/c1-6-13(10-15)9-14(12(4)5)8-7-11(2)3/h6-9H,2,4,10H2,1,3,5H3/b8-7-,13-6+,14-9-. The Balaban J connectivity index is 4.97. The van der Waals surface area contributed by atoms with Crippen molar-refractivity contribution in [1.82, 2.24) is 0 Å². The predicted molar refractivity (Wildman–Crippen MR) is 74.4 cm³/mol. The van der Waals surface area contributed by atoms with Crippen molar-refractivity contribution < 1.29 is 0 Å². The molecule has 0 aromatic heterocycles. The second kappa shape index (κ2) is 7.47. The molecule has 0 aliphatic carbocycles. The summed E-state index contributed by atoms with van der Waals surface area (Å²) in [6.45, 7) is 13.8. The lowest BCUT2D eigenvalue weighted by molar-refractivity contribution is 1.39. The van der Waals surface area contributed by atoms with Crippen LogP contribution in [0.15, 0.2) is 59.8 Å². The zero-order valence-electron chi connectivity index (χ0n) is 9.81. The Kier molecular flexibility index (Phi) is 7.06. The van der Waals surface area contributed by atoms with E-state index in [0.29, 0.717) is 0 Å². The molecule has 0 rings (SSSR count). The van der Waals surface area contributed by atoms with E-state index in [0.717, 1.165) is 22.0 Å². The van der Waals surface area contributed by atoms with E-state index in [-0.39, 0.29) is 0 Å². The average Bonchev–Trinajstić information content (AvgIpc) is 2.17. The molecule has 0 aliphatic heterocycles. The molecule has 0 N–H and O–H groups in total. The summed E-state index contributed by atoms with van der Waals surface area (Å²) in [6, 6.07) is 0. The summed E-state index contributed by atoms with van der Waals surface area (Å²) in [5.74, 6) is 0. The highest BCUT2D eigenvalue weighted by Crippen LogP contribution is 2.14. The molecule has 0 aromatic rings. The molecule has 1 heteroatoms. The fourth-order valence-electron chi connectivity index (χ4n) is 0.944. The minimum absolute atomic E-state index is 0.862. The molecule has 0 spiro atoms. The second-order valence-electron chi connectivity index (χ2n) is 3.56. The van der Waals surface area contributed by atoms with Crippen molar-refractivity contribution in [2.75, 3.05) is 5.33 Å². The van der Waals surface area contributed by atoms with Gasteiger partial charge >= 0.3 is 0 Å². The maximum atomic E-state index is 3.96. The summed E-state index contributed by atoms with van der Waals surface area (Å²) < 4.78 is 0. The fraction of sp³-hybridized carbons (Fsp3) is 0.286. The van der Waals surface area contributed by atoms with Crippen molar-refractivity contribution in [2.24, 2.45) is 0 Å². The van der Waals surface area contributed by atoms with Crippen LogP contribution in [0.4, 0.5) is 0 Å². The van der Waals surface area contributed by atoms with Gasteiger partial charge in [-0.05, 0) is 31.9 Å². The van der Waals surface area contributed by atoms with Crippen LogP contribution in [0.3, 0.4) is 0 Å². The van der Waals surface area contributed by atoms with Crippen LogP contribution in [0.5, 0.6) is 0 Å². The van der Waals surface area contributed by atoms with E-state index in [1.165, 1.54) is 5.57 Å². The van der Waals surface area contributed by atoms with Crippen LogP contribution in [0.1, 0.15) is 20.8 Å². The van der Waals surface area contributed by atoms with Crippen molar-refractivity contribution in [3.8, 4) is 0 Å². The Hall–Kier alpha value is -0.820. The first kappa shape index (κ1) is 14.2.